The molecule has 0 saturated heterocycles. The predicted octanol–water partition coefficient (Wildman–Crippen LogP) is 3.93. The predicted molar refractivity (Wildman–Crippen MR) is 87.7 cm³/mol. The van der Waals surface area contributed by atoms with Crippen LogP contribution < -0.4 is 5.32 Å². The van der Waals surface area contributed by atoms with Crippen LogP contribution in [0.3, 0.4) is 0 Å². The number of rotatable bonds is 4. The summed E-state index contributed by atoms with van der Waals surface area (Å²) in [5.74, 6) is 1.11. The molecule has 0 radical (unpaired) electrons. The Hall–Kier alpha value is -3.02. The summed E-state index contributed by atoms with van der Waals surface area (Å²) in [7, 11) is 0. The Labute approximate surface area is 128 Å². The Morgan fingerprint density at radius 2 is 2.18 bits per heavy atom. The van der Waals surface area contributed by atoms with Crippen LogP contribution in [0.2, 0.25) is 0 Å². The summed E-state index contributed by atoms with van der Waals surface area (Å²) in [5.41, 5.74) is 2.13. The van der Waals surface area contributed by atoms with Crippen LogP contribution in [0.1, 0.15) is 11.1 Å². The molecule has 0 bridgehead atoms. The van der Waals surface area contributed by atoms with Gasteiger partial charge in [0.2, 0.25) is 0 Å². The van der Waals surface area contributed by atoms with E-state index in [0.717, 1.165) is 5.56 Å². The third-order valence-corrected chi connectivity index (χ3v) is 3.08. The first-order valence-corrected chi connectivity index (χ1v) is 6.66. The molecule has 2 aromatic rings. The van der Waals surface area contributed by atoms with Gasteiger partial charge in [-0.1, -0.05) is 12.6 Å². The highest BCUT2D eigenvalue weighted by atomic mass is 16.6. The summed E-state index contributed by atoms with van der Waals surface area (Å²) in [5, 5.41) is 14.0. The van der Waals surface area contributed by atoms with Gasteiger partial charge in [0, 0.05) is 12.3 Å². The molecule has 0 amide bonds. The number of nitro groups is 1. The number of hydrogen-bond donors (Lipinski definition) is 1. The Morgan fingerprint density at radius 1 is 1.41 bits per heavy atom. The van der Waals surface area contributed by atoms with Crippen LogP contribution in [0, 0.1) is 24.0 Å². The van der Waals surface area contributed by atoms with E-state index >= 15 is 0 Å². The molecule has 0 aliphatic rings. The van der Waals surface area contributed by atoms with Crippen molar-refractivity contribution < 1.29 is 4.92 Å². The first-order chi connectivity index (χ1) is 10.5. The molecule has 0 aliphatic carbocycles. The van der Waals surface area contributed by atoms with Crippen LogP contribution in [0.4, 0.5) is 17.2 Å². The molecular formula is C16H16N4O2. The van der Waals surface area contributed by atoms with Gasteiger partial charge >= 0.3 is 0 Å². The molecule has 0 fully saturated rings. The minimum atomic E-state index is -0.419. The molecular weight excluding hydrogens is 280 g/mol. The largest absolute Gasteiger partial charge is 0.325 e. The average molecular weight is 296 g/mol. The molecule has 0 aliphatic heterocycles. The van der Waals surface area contributed by atoms with E-state index in [2.05, 4.69) is 21.9 Å². The molecule has 0 atom stereocenters. The molecule has 112 valence electrons. The number of aliphatic imine (C=N–C) groups is 1. The lowest BCUT2D eigenvalue weighted by molar-refractivity contribution is -0.385. The number of benzene rings is 1. The second-order valence-corrected chi connectivity index (χ2v) is 4.72. The van der Waals surface area contributed by atoms with Crippen molar-refractivity contribution >= 4 is 23.0 Å². The summed E-state index contributed by atoms with van der Waals surface area (Å²) in [6.45, 7) is 7.34. The highest BCUT2D eigenvalue weighted by Crippen LogP contribution is 2.27. The van der Waals surface area contributed by atoms with Gasteiger partial charge in [0.25, 0.3) is 5.69 Å². The molecule has 1 aromatic carbocycles. The SMILES string of the molecule is C=C/C(=N\c1cccc([N+](=O)[O-])c1C)Nc1cc(C)ccn1. The van der Waals surface area contributed by atoms with E-state index in [0.29, 0.717) is 22.9 Å². The number of aryl methyl sites for hydroxylation is 1. The van der Waals surface area contributed by atoms with Crippen molar-refractivity contribution in [2.24, 2.45) is 4.99 Å². The second-order valence-electron chi connectivity index (χ2n) is 4.72. The summed E-state index contributed by atoms with van der Waals surface area (Å²) in [4.78, 5) is 19.1. The monoisotopic (exact) mass is 296 g/mol. The number of amidine groups is 1. The maximum atomic E-state index is 11.0. The van der Waals surface area contributed by atoms with Crippen molar-refractivity contribution in [3.8, 4) is 0 Å². The highest BCUT2D eigenvalue weighted by molar-refractivity contribution is 6.04. The van der Waals surface area contributed by atoms with Gasteiger partial charge in [-0.3, -0.25) is 10.1 Å². The van der Waals surface area contributed by atoms with Gasteiger partial charge in [-0.25, -0.2) is 9.98 Å². The lowest BCUT2D eigenvalue weighted by Gasteiger charge is -2.07. The smallest absolute Gasteiger partial charge is 0.274 e. The van der Waals surface area contributed by atoms with E-state index in [1.54, 1.807) is 31.3 Å². The number of nitrogens with one attached hydrogen (secondary N) is 1. The molecule has 1 aromatic heterocycles. The molecule has 22 heavy (non-hydrogen) atoms. The van der Waals surface area contributed by atoms with E-state index < -0.39 is 4.92 Å². The van der Waals surface area contributed by atoms with Crippen LogP contribution in [0.25, 0.3) is 0 Å². The Kier molecular flexibility index (Phi) is 4.63. The fourth-order valence-electron chi connectivity index (χ4n) is 1.92. The van der Waals surface area contributed by atoms with Crippen molar-refractivity contribution in [3.63, 3.8) is 0 Å². The first kappa shape index (κ1) is 15.4. The Morgan fingerprint density at radius 3 is 2.82 bits per heavy atom. The fourth-order valence-corrected chi connectivity index (χ4v) is 1.92. The van der Waals surface area contributed by atoms with Gasteiger partial charge in [0.15, 0.2) is 0 Å². The average Bonchev–Trinajstić information content (AvgIpc) is 2.48. The minimum absolute atomic E-state index is 0.0401. The van der Waals surface area contributed by atoms with Crippen molar-refractivity contribution in [2.75, 3.05) is 5.32 Å². The highest BCUT2D eigenvalue weighted by Gasteiger charge is 2.13. The fraction of sp³-hybridized carbons (Fsp3) is 0.125. The third-order valence-electron chi connectivity index (χ3n) is 3.08. The molecule has 6 nitrogen and oxygen atoms in total. The second kappa shape index (κ2) is 6.62. The minimum Gasteiger partial charge on any atom is -0.325 e. The van der Waals surface area contributed by atoms with Gasteiger partial charge < -0.3 is 5.32 Å². The molecule has 0 unspecified atom stereocenters. The van der Waals surface area contributed by atoms with Crippen molar-refractivity contribution in [1.82, 2.24) is 4.98 Å². The number of hydrogen-bond acceptors (Lipinski definition) is 4. The Balaban J connectivity index is 2.35. The third kappa shape index (κ3) is 3.54. The standard InChI is InChI=1S/C16H16N4O2/c1-4-15(19-16-10-11(2)8-9-17-16)18-13-6-5-7-14(12(13)3)20(21)22/h4-10H,1H2,2-3H3,(H,17,18,19). The summed E-state index contributed by atoms with van der Waals surface area (Å²) in [6, 6.07) is 8.55. The zero-order valence-electron chi connectivity index (χ0n) is 12.4. The van der Waals surface area contributed by atoms with E-state index in [9.17, 15) is 10.1 Å². The molecule has 0 saturated carbocycles. The molecule has 1 N–H and O–H groups in total. The maximum absolute atomic E-state index is 11.0. The van der Waals surface area contributed by atoms with Gasteiger partial charge in [0.1, 0.15) is 11.7 Å². The first-order valence-electron chi connectivity index (χ1n) is 6.66. The van der Waals surface area contributed by atoms with Gasteiger partial charge in [0.05, 0.1) is 16.2 Å². The van der Waals surface area contributed by atoms with E-state index in [-0.39, 0.29) is 5.69 Å². The number of pyridine rings is 1. The Bertz CT molecular complexity index is 754. The number of nitrogens with zero attached hydrogens (tertiary/aromatic N) is 3. The quantitative estimate of drug-likeness (QED) is 0.401. The van der Waals surface area contributed by atoms with Crippen LogP contribution in [-0.4, -0.2) is 15.7 Å². The maximum Gasteiger partial charge on any atom is 0.274 e. The van der Waals surface area contributed by atoms with Crippen molar-refractivity contribution in [2.45, 2.75) is 13.8 Å². The molecule has 6 heteroatoms. The van der Waals surface area contributed by atoms with Crippen LogP contribution in [0.15, 0.2) is 54.2 Å². The lowest BCUT2D eigenvalue weighted by Crippen LogP contribution is -2.09. The van der Waals surface area contributed by atoms with Gasteiger partial charge in [-0.15, -0.1) is 0 Å². The zero-order valence-corrected chi connectivity index (χ0v) is 12.4. The lowest BCUT2D eigenvalue weighted by atomic mass is 10.1. The summed E-state index contributed by atoms with van der Waals surface area (Å²) >= 11 is 0. The van der Waals surface area contributed by atoms with Crippen molar-refractivity contribution in [1.29, 1.82) is 0 Å². The zero-order chi connectivity index (χ0) is 16.1. The normalized spacial score (nSPS) is 11.1. The number of aromatic nitrogens is 1. The van der Waals surface area contributed by atoms with E-state index in [1.807, 2.05) is 19.1 Å². The van der Waals surface area contributed by atoms with E-state index in [4.69, 9.17) is 0 Å². The van der Waals surface area contributed by atoms with Crippen LogP contribution in [0.5, 0.6) is 0 Å². The van der Waals surface area contributed by atoms with Crippen molar-refractivity contribution in [3.05, 3.63) is 70.4 Å². The molecule has 2 rings (SSSR count). The molecule has 1 heterocycles. The van der Waals surface area contributed by atoms with Gasteiger partial charge in [-0.05, 0) is 43.7 Å². The topological polar surface area (TPSA) is 80.4 Å². The van der Waals surface area contributed by atoms with Crippen LogP contribution in [-0.2, 0) is 0 Å². The summed E-state index contributed by atoms with van der Waals surface area (Å²) < 4.78 is 0. The van der Waals surface area contributed by atoms with Gasteiger partial charge in [-0.2, -0.15) is 0 Å². The van der Waals surface area contributed by atoms with E-state index in [1.165, 1.54) is 6.07 Å². The van der Waals surface area contributed by atoms with Crippen LogP contribution >= 0.6 is 0 Å². The summed E-state index contributed by atoms with van der Waals surface area (Å²) in [6.07, 6.45) is 3.24. The number of nitro benzene ring substituents is 1. The number of anilines is 1. The molecule has 0 spiro atoms.